The first-order valence-electron chi connectivity index (χ1n) is 8.55. The van der Waals surface area contributed by atoms with E-state index >= 15 is 0 Å². The third kappa shape index (κ3) is 3.79. The van der Waals surface area contributed by atoms with E-state index in [1.807, 2.05) is 74.5 Å². The maximum atomic E-state index is 5.81. The molecule has 6 nitrogen and oxygen atoms in total. The molecule has 0 aliphatic rings. The number of hydrogen-bond donors (Lipinski definition) is 1. The van der Waals surface area contributed by atoms with Crippen LogP contribution in [0.1, 0.15) is 11.5 Å². The van der Waals surface area contributed by atoms with E-state index < -0.39 is 0 Å². The maximum absolute atomic E-state index is 5.81. The third-order valence-electron chi connectivity index (χ3n) is 4.02. The summed E-state index contributed by atoms with van der Waals surface area (Å²) in [6.45, 7) is 3.73. The molecule has 0 radical (unpaired) electrons. The van der Waals surface area contributed by atoms with E-state index in [9.17, 15) is 0 Å². The molecular weight excluding hydrogens is 340 g/mol. The smallest absolute Gasteiger partial charge is 0.167 e. The second kappa shape index (κ2) is 7.29. The number of ether oxygens (including phenoxy) is 1. The van der Waals surface area contributed by atoms with Crippen LogP contribution in [0.5, 0.6) is 11.5 Å². The summed E-state index contributed by atoms with van der Waals surface area (Å²) in [4.78, 5) is 8.90. The Hall–Kier alpha value is -3.67. The Bertz CT molecular complexity index is 1020. The fourth-order valence-electron chi connectivity index (χ4n) is 2.73. The van der Waals surface area contributed by atoms with Crippen molar-refractivity contribution >= 4 is 11.5 Å². The molecule has 0 unspecified atom stereocenters. The minimum Gasteiger partial charge on any atom is -0.457 e. The van der Waals surface area contributed by atoms with Crippen molar-refractivity contribution in [2.75, 3.05) is 5.32 Å². The molecule has 1 N–H and O–H groups in total. The molecule has 0 aliphatic heterocycles. The van der Waals surface area contributed by atoms with Crippen molar-refractivity contribution < 1.29 is 9.26 Å². The molecule has 4 rings (SSSR count). The molecule has 0 amide bonds. The van der Waals surface area contributed by atoms with Crippen LogP contribution in [0.4, 0.5) is 11.5 Å². The van der Waals surface area contributed by atoms with Crippen molar-refractivity contribution in [3.05, 3.63) is 78.3 Å². The maximum Gasteiger partial charge on any atom is 0.167 e. The predicted octanol–water partition coefficient (Wildman–Crippen LogP) is 5.28. The highest BCUT2D eigenvalue weighted by molar-refractivity contribution is 5.64. The lowest BCUT2D eigenvalue weighted by Crippen LogP contribution is -1.97. The zero-order valence-corrected chi connectivity index (χ0v) is 15.0. The van der Waals surface area contributed by atoms with Crippen LogP contribution in [0.3, 0.4) is 0 Å². The number of nitrogens with zero attached hydrogens (tertiary/aromatic N) is 3. The summed E-state index contributed by atoms with van der Waals surface area (Å²) in [5.41, 5.74) is 2.50. The van der Waals surface area contributed by atoms with Crippen LogP contribution in [0.25, 0.3) is 11.4 Å². The second-order valence-corrected chi connectivity index (χ2v) is 6.03. The Morgan fingerprint density at radius 2 is 1.63 bits per heavy atom. The zero-order valence-electron chi connectivity index (χ0n) is 15.0. The molecule has 0 aliphatic carbocycles. The first-order chi connectivity index (χ1) is 13.2. The highest BCUT2D eigenvalue weighted by atomic mass is 16.5. The average molecular weight is 358 g/mol. The quantitative estimate of drug-likeness (QED) is 0.523. The predicted molar refractivity (Wildman–Crippen MR) is 103 cm³/mol. The van der Waals surface area contributed by atoms with Gasteiger partial charge in [-0.3, -0.25) is 0 Å². The van der Waals surface area contributed by atoms with Gasteiger partial charge in [0.15, 0.2) is 5.82 Å². The summed E-state index contributed by atoms with van der Waals surface area (Å²) in [6, 6.07) is 19.2. The van der Waals surface area contributed by atoms with Gasteiger partial charge < -0.3 is 14.6 Å². The Labute approximate surface area is 156 Å². The van der Waals surface area contributed by atoms with E-state index in [1.54, 1.807) is 6.20 Å². The van der Waals surface area contributed by atoms with E-state index in [4.69, 9.17) is 9.26 Å². The minimum atomic E-state index is 0.584. The average Bonchev–Trinajstić information content (AvgIpc) is 3.03. The Morgan fingerprint density at radius 1 is 0.889 bits per heavy atom. The normalized spacial score (nSPS) is 10.6. The molecule has 134 valence electrons. The molecule has 0 saturated carbocycles. The van der Waals surface area contributed by atoms with Gasteiger partial charge in [0.2, 0.25) is 0 Å². The van der Waals surface area contributed by atoms with E-state index in [0.717, 1.165) is 28.4 Å². The van der Waals surface area contributed by atoms with Crippen molar-refractivity contribution in [3.8, 4) is 22.9 Å². The van der Waals surface area contributed by atoms with Gasteiger partial charge in [0.1, 0.15) is 23.1 Å². The molecular formula is C21H18N4O2. The van der Waals surface area contributed by atoms with Crippen molar-refractivity contribution in [2.24, 2.45) is 0 Å². The molecule has 0 bridgehead atoms. The van der Waals surface area contributed by atoms with Gasteiger partial charge in [-0.15, -0.1) is 0 Å². The van der Waals surface area contributed by atoms with Gasteiger partial charge in [-0.05, 0) is 56.3 Å². The number of aromatic nitrogens is 3. The highest BCUT2D eigenvalue weighted by Crippen LogP contribution is 2.26. The molecule has 4 aromatic rings. The number of benzene rings is 2. The number of rotatable bonds is 5. The summed E-state index contributed by atoms with van der Waals surface area (Å²) >= 11 is 0. The van der Waals surface area contributed by atoms with Crippen LogP contribution in [-0.4, -0.2) is 15.1 Å². The first-order valence-corrected chi connectivity index (χ1v) is 8.55. The van der Waals surface area contributed by atoms with Crippen molar-refractivity contribution in [1.82, 2.24) is 15.1 Å². The van der Waals surface area contributed by atoms with Gasteiger partial charge in [0.05, 0.1) is 11.3 Å². The standard InChI is InChI=1S/C21H18N4O2/c1-14-20(15(2)27-25-14)21-22-13-12-19(24-21)23-16-8-10-18(11-9-16)26-17-6-4-3-5-7-17/h3-13H,1-2H3,(H,22,23,24). The molecule has 0 atom stereocenters. The number of hydrogen-bond acceptors (Lipinski definition) is 6. The van der Waals surface area contributed by atoms with Crippen molar-refractivity contribution in [3.63, 3.8) is 0 Å². The topological polar surface area (TPSA) is 73.1 Å². The number of para-hydroxylation sites is 1. The van der Waals surface area contributed by atoms with Gasteiger partial charge in [-0.1, -0.05) is 23.4 Å². The van der Waals surface area contributed by atoms with Gasteiger partial charge in [-0.25, -0.2) is 9.97 Å². The van der Waals surface area contributed by atoms with E-state index in [1.165, 1.54) is 0 Å². The fourth-order valence-corrected chi connectivity index (χ4v) is 2.73. The monoisotopic (exact) mass is 358 g/mol. The lowest BCUT2D eigenvalue weighted by atomic mass is 10.2. The third-order valence-corrected chi connectivity index (χ3v) is 4.02. The summed E-state index contributed by atoms with van der Waals surface area (Å²) in [5, 5.41) is 7.24. The van der Waals surface area contributed by atoms with Crippen LogP contribution in [-0.2, 0) is 0 Å². The van der Waals surface area contributed by atoms with Gasteiger partial charge in [0, 0.05) is 11.9 Å². The van der Waals surface area contributed by atoms with E-state index in [2.05, 4.69) is 20.4 Å². The Kier molecular flexibility index (Phi) is 4.53. The summed E-state index contributed by atoms with van der Waals surface area (Å²) in [5.74, 6) is 3.55. The lowest BCUT2D eigenvalue weighted by molar-refractivity contribution is 0.393. The van der Waals surface area contributed by atoms with Crippen LogP contribution < -0.4 is 10.1 Å². The minimum absolute atomic E-state index is 0.584. The van der Waals surface area contributed by atoms with Gasteiger partial charge in [-0.2, -0.15) is 0 Å². The van der Waals surface area contributed by atoms with E-state index in [-0.39, 0.29) is 0 Å². The summed E-state index contributed by atoms with van der Waals surface area (Å²) in [7, 11) is 0. The van der Waals surface area contributed by atoms with Crippen LogP contribution in [0.2, 0.25) is 0 Å². The molecule has 2 heterocycles. The first kappa shape index (κ1) is 16.8. The van der Waals surface area contributed by atoms with Crippen LogP contribution in [0.15, 0.2) is 71.4 Å². The Morgan fingerprint density at radius 3 is 2.33 bits per heavy atom. The number of nitrogens with one attached hydrogen (secondary N) is 1. The second-order valence-electron chi connectivity index (χ2n) is 6.03. The molecule has 2 aromatic heterocycles. The number of aryl methyl sites for hydroxylation is 2. The zero-order chi connectivity index (χ0) is 18.6. The van der Waals surface area contributed by atoms with Crippen LogP contribution in [0, 0.1) is 13.8 Å². The SMILES string of the molecule is Cc1noc(C)c1-c1nccc(Nc2ccc(Oc3ccccc3)cc2)n1. The molecule has 27 heavy (non-hydrogen) atoms. The van der Waals surface area contributed by atoms with Gasteiger partial charge >= 0.3 is 0 Å². The molecule has 0 fully saturated rings. The Balaban J connectivity index is 1.50. The highest BCUT2D eigenvalue weighted by Gasteiger charge is 2.14. The van der Waals surface area contributed by atoms with Crippen LogP contribution >= 0.6 is 0 Å². The largest absolute Gasteiger partial charge is 0.457 e. The molecule has 0 spiro atoms. The van der Waals surface area contributed by atoms with Crippen molar-refractivity contribution in [1.29, 1.82) is 0 Å². The van der Waals surface area contributed by atoms with E-state index in [0.29, 0.717) is 17.4 Å². The summed E-state index contributed by atoms with van der Waals surface area (Å²) in [6.07, 6.45) is 1.71. The van der Waals surface area contributed by atoms with Gasteiger partial charge in [0.25, 0.3) is 0 Å². The van der Waals surface area contributed by atoms with Crippen molar-refractivity contribution in [2.45, 2.75) is 13.8 Å². The molecule has 0 saturated heterocycles. The summed E-state index contributed by atoms with van der Waals surface area (Å²) < 4.78 is 11.0. The number of anilines is 2. The fraction of sp³-hybridized carbons (Fsp3) is 0.0952. The lowest BCUT2D eigenvalue weighted by Gasteiger charge is -2.09. The molecule has 6 heteroatoms. The molecule has 2 aromatic carbocycles.